The zero-order valence-corrected chi connectivity index (χ0v) is 23.0. The van der Waals surface area contributed by atoms with Crippen molar-refractivity contribution in [1.29, 1.82) is 0 Å². The zero-order valence-electron chi connectivity index (χ0n) is 23.0. The number of aryl methyl sites for hydroxylation is 2. The second-order valence-electron chi connectivity index (χ2n) is 10.5. The monoisotopic (exact) mass is 536 g/mol. The highest BCUT2D eigenvalue weighted by Crippen LogP contribution is 2.48. The lowest BCUT2D eigenvalue weighted by Gasteiger charge is -2.33. The molecule has 4 aromatic carbocycles. The molecule has 3 N–H and O–H groups in total. The number of carboxylic acid groups (broad SMARTS) is 1. The van der Waals surface area contributed by atoms with E-state index in [1.165, 1.54) is 5.56 Å². The first-order chi connectivity index (χ1) is 19.4. The molecule has 0 saturated heterocycles. The third kappa shape index (κ3) is 6.36. The summed E-state index contributed by atoms with van der Waals surface area (Å²) < 4.78 is 12.9. The van der Waals surface area contributed by atoms with Crippen LogP contribution < -0.4 is 15.2 Å². The molecule has 4 aromatic rings. The lowest BCUT2D eigenvalue weighted by molar-refractivity contribution is -0.138. The molecule has 0 aromatic heterocycles. The fourth-order valence-electron chi connectivity index (χ4n) is 5.38. The Morgan fingerprint density at radius 1 is 0.950 bits per heavy atom. The summed E-state index contributed by atoms with van der Waals surface area (Å²) in [6, 6.07) is 31.7. The number of hydrogen-bond donors (Lipinski definition) is 2. The van der Waals surface area contributed by atoms with Crippen molar-refractivity contribution < 1.29 is 19.4 Å². The van der Waals surface area contributed by atoms with Crippen molar-refractivity contribution in [3.05, 3.63) is 130 Å². The van der Waals surface area contributed by atoms with E-state index in [9.17, 15) is 9.90 Å². The molecule has 1 aliphatic rings. The van der Waals surface area contributed by atoms with Crippen molar-refractivity contribution in [3.8, 4) is 11.5 Å². The molecular weight excluding hydrogens is 500 g/mol. The second kappa shape index (κ2) is 12.4. The van der Waals surface area contributed by atoms with Crippen molar-refractivity contribution in [2.75, 3.05) is 6.54 Å². The van der Waals surface area contributed by atoms with E-state index in [0.717, 1.165) is 39.3 Å². The maximum atomic E-state index is 11.6. The van der Waals surface area contributed by atoms with Crippen LogP contribution in [0.3, 0.4) is 0 Å². The van der Waals surface area contributed by atoms with Crippen molar-refractivity contribution in [3.63, 3.8) is 0 Å². The van der Waals surface area contributed by atoms with Crippen LogP contribution in [0.2, 0.25) is 0 Å². The van der Waals surface area contributed by atoms with Gasteiger partial charge in [0.2, 0.25) is 0 Å². The number of benzene rings is 4. The van der Waals surface area contributed by atoms with E-state index in [-0.39, 0.29) is 12.1 Å². The van der Waals surface area contributed by atoms with E-state index in [0.29, 0.717) is 26.1 Å². The summed E-state index contributed by atoms with van der Waals surface area (Å²) >= 11 is 0. The highest BCUT2D eigenvalue weighted by molar-refractivity contribution is 5.73. The molecule has 3 atom stereocenters. The van der Waals surface area contributed by atoms with Crippen LogP contribution in [0.4, 0.5) is 0 Å². The minimum absolute atomic E-state index is 0.135. The largest absolute Gasteiger partial charge is 0.489 e. The molecule has 0 bridgehead atoms. The summed E-state index contributed by atoms with van der Waals surface area (Å²) in [6.45, 7) is 5.63. The third-order valence-corrected chi connectivity index (χ3v) is 7.41. The molecule has 0 radical (unpaired) electrons. The average molecular weight is 537 g/mol. The summed E-state index contributed by atoms with van der Waals surface area (Å²) in [5.41, 5.74) is 12.6. The molecule has 0 fully saturated rings. The van der Waals surface area contributed by atoms with Crippen LogP contribution in [0.1, 0.15) is 51.9 Å². The van der Waals surface area contributed by atoms with Gasteiger partial charge in [-0.3, -0.25) is 9.69 Å². The molecule has 5 rings (SSSR count). The van der Waals surface area contributed by atoms with Crippen LogP contribution in [0, 0.1) is 13.8 Å². The highest BCUT2D eigenvalue weighted by Gasteiger charge is 2.39. The third-order valence-electron chi connectivity index (χ3n) is 7.41. The molecule has 0 saturated carbocycles. The maximum absolute atomic E-state index is 11.6. The van der Waals surface area contributed by atoms with Gasteiger partial charge in [-0.05, 0) is 43.5 Å². The van der Waals surface area contributed by atoms with Gasteiger partial charge in [0.05, 0.1) is 6.04 Å². The topological polar surface area (TPSA) is 85.0 Å². The van der Waals surface area contributed by atoms with Crippen molar-refractivity contribution in [2.24, 2.45) is 5.73 Å². The lowest BCUT2D eigenvalue weighted by Crippen LogP contribution is -2.38. The van der Waals surface area contributed by atoms with Gasteiger partial charge in [0.1, 0.15) is 30.3 Å². The number of nitrogens with two attached hydrogens (primary N) is 1. The van der Waals surface area contributed by atoms with Crippen LogP contribution >= 0.6 is 0 Å². The standard InChI is InChI=1S/C34H36N2O4/c1-23-9-7-11-25(19-23)22-39-30-15-5-3-12-27(30)21-36(18-17-29(35)34(37)38)32-28-14-4-6-16-31(28)40-33(32)26-13-8-10-24(2)20-26/h3-16,19-20,29,32-33H,17-18,21-22,35H2,1-2H3,(H,37,38)/t29-,32?,33?/m0/s1. The van der Waals surface area contributed by atoms with Crippen LogP contribution in [-0.4, -0.2) is 28.6 Å². The Kier molecular flexibility index (Phi) is 8.48. The summed E-state index contributed by atoms with van der Waals surface area (Å²) in [6.07, 6.45) is 0.0552. The molecule has 206 valence electrons. The average Bonchev–Trinajstić information content (AvgIpc) is 3.34. The second-order valence-corrected chi connectivity index (χ2v) is 10.5. The number of hydrogen-bond acceptors (Lipinski definition) is 5. The summed E-state index contributed by atoms with van der Waals surface area (Å²) in [4.78, 5) is 13.9. The van der Waals surface area contributed by atoms with Crippen LogP contribution in [0.5, 0.6) is 11.5 Å². The minimum Gasteiger partial charge on any atom is -0.489 e. The van der Waals surface area contributed by atoms with E-state index >= 15 is 0 Å². The molecule has 40 heavy (non-hydrogen) atoms. The number of rotatable bonds is 11. The first-order valence-corrected chi connectivity index (χ1v) is 13.7. The quantitative estimate of drug-likeness (QED) is 0.232. The maximum Gasteiger partial charge on any atom is 0.320 e. The number of aliphatic carboxylic acids is 1. The van der Waals surface area contributed by atoms with Crippen molar-refractivity contribution in [2.45, 2.75) is 51.6 Å². The van der Waals surface area contributed by atoms with E-state index in [2.05, 4.69) is 67.3 Å². The van der Waals surface area contributed by atoms with Gasteiger partial charge in [0, 0.05) is 24.2 Å². The van der Waals surface area contributed by atoms with Gasteiger partial charge >= 0.3 is 5.97 Å². The van der Waals surface area contributed by atoms with Gasteiger partial charge in [-0.15, -0.1) is 0 Å². The van der Waals surface area contributed by atoms with Crippen LogP contribution in [-0.2, 0) is 17.9 Å². The summed E-state index contributed by atoms with van der Waals surface area (Å²) in [5, 5.41) is 9.52. The Morgan fingerprint density at radius 2 is 1.68 bits per heavy atom. The highest BCUT2D eigenvalue weighted by atomic mass is 16.5. The van der Waals surface area contributed by atoms with Gasteiger partial charge < -0.3 is 20.3 Å². The first kappa shape index (κ1) is 27.4. The molecule has 6 nitrogen and oxygen atoms in total. The van der Waals surface area contributed by atoms with Gasteiger partial charge in [-0.25, -0.2) is 0 Å². The predicted octanol–water partition coefficient (Wildman–Crippen LogP) is 6.36. The fraction of sp³-hybridized carbons (Fsp3) is 0.265. The Hall–Kier alpha value is -4.13. The molecule has 0 aliphatic carbocycles. The normalized spacial score (nSPS) is 16.8. The summed E-state index contributed by atoms with van der Waals surface area (Å²) in [7, 11) is 0. The molecule has 0 spiro atoms. The number of fused-ring (bicyclic) bond motifs is 1. The Labute approximate surface area is 236 Å². The summed E-state index contributed by atoms with van der Waals surface area (Å²) in [5.74, 6) is 0.645. The Bertz CT molecular complexity index is 1470. The van der Waals surface area contributed by atoms with Gasteiger partial charge in [0.15, 0.2) is 0 Å². The Morgan fingerprint density at radius 3 is 2.45 bits per heavy atom. The molecule has 6 heteroatoms. The number of carboxylic acids is 1. The first-order valence-electron chi connectivity index (χ1n) is 13.7. The van der Waals surface area contributed by atoms with E-state index in [1.54, 1.807) is 0 Å². The predicted molar refractivity (Wildman–Crippen MR) is 156 cm³/mol. The molecule has 2 unspecified atom stereocenters. The zero-order chi connectivity index (χ0) is 28.1. The van der Waals surface area contributed by atoms with Crippen molar-refractivity contribution >= 4 is 5.97 Å². The van der Waals surface area contributed by atoms with E-state index in [4.69, 9.17) is 15.2 Å². The molecule has 1 heterocycles. The van der Waals surface area contributed by atoms with E-state index in [1.807, 2.05) is 48.5 Å². The van der Waals surface area contributed by atoms with Crippen LogP contribution in [0.15, 0.2) is 97.1 Å². The van der Waals surface area contributed by atoms with Crippen molar-refractivity contribution in [1.82, 2.24) is 4.90 Å². The van der Waals surface area contributed by atoms with Gasteiger partial charge in [-0.2, -0.15) is 0 Å². The lowest BCUT2D eigenvalue weighted by atomic mass is 9.94. The molecule has 0 amide bonds. The number of nitrogens with zero attached hydrogens (tertiary/aromatic N) is 1. The van der Waals surface area contributed by atoms with Gasteiger partial charge in [0.25, 0.3) is 0 Å². The molecule has 1 aliphatic heterocycles. The number of carbonyl (C=O) groups is 1. The fourth-order valence-corrected chi connectivity index (χ4v) is 5.38. The number of para-hydroxylation sites is 2. The van der Waals surface area contributed by atoms with Crippen LogP contribution in [0.25, 0.3) is 0 Å². The number of ether oxygens (including phenoxy) is 2. The minimum atomic E-state index is -1.000. The van der Waals surface area contributed by atoms with E-state index < -0.39 is 12.0 Å². The molecular formula is C34H36N2O4. The SMILES string of the molecule is Cc1cccc(COc2ccccc2CN(CC[C@H](N)C(=O)O)C2c3ccccc3OC2c2cccc(C)c2)c1. The smallest absolute Gasteiger partial charge is 0.320 e. The Balaban J connectivity index is 1.48. The van der Waals surface area contributed by atoms with Gasteiger partial charge in [-0.1, -0.05) is 96.1 Å².